The maximum atomic E-state index is 5.94. The summed E-state index contributed by atoms with van der Waals surface area (Å²) in [5.74, 6) is 0.906. The Kier molecular flexibility index (Phi) is 5.38. The lowest BCUT2D eigenvalue weighted by Crippen LogP contribution is -2.29. The molecule has 0 aliphatic rings. The van der Waals surface area contributed by atoms with Crippen molar-refractivity contribution < 1.29 is 4.74 Å². The fraction of sp³-hybridized carbons (Fsp3) is 0.312. The van der Waals surface area contributed by atoms with Crippen LogP contribution in [0.1, 0.15) is 12.0 Å². The lowest BCUT2D eigenvalue weighted by Gasteiger charge is -2.17. The van der Waals surface area contributed by atoms with Crippen molar-refractivity contribution in [1.82, 2.24) is 10.3 Å². The normalized spacial score (nSPS) is 12.1. The molecule has 0 fully saturated rings. The lowest BCUT2D eigenvalue weighted by molar-refractivity contribution is 0.288. The Labute approximate surface area is 120 Å². The second kappa shape index (κ2) is 7.50. The van der Waals surface area contributed by atoms with Gasteiger partial charge in [0.2, 0.25) is 0 Å². The molecule has 0 saturated heterocycles. The number of nitrogens with two attached hydrogens (primary N) is 1. The number of benzene rings is 1. The molecule has 1 unspecified atom stereocenters. The molecule has 0 bridgehead atoms. The topological polar surface area (TPSA) is 60.2 Å². The highest BCUT2D eigenvalue weighted by Gasteiger charge is 2.09. The van der Waals surface area contributed by atoms with Gasteiger partial charge in [0, 0.05) is 24.1 Å². The van der Waals surface area contributed by atoms with Gasteiger partial charge in [-0.25, -0.2) is 0 Å². The van der Waals surface area contributed by atoms with Crippen molar-refractivity contribution in [2.75, 3.05) is 19.4 Å². The molecule has 106 valence electrons. The van der Waals surface area contributed by atoms with Gasteiger partial charge in [-0.15, -0.1) is 0 Å². The number of para-hydroxylation sites is 1. The highest BCUT2D eigenvalue weighted by atomic mass is 16.5. The fourth-order valence-electron chi connectivity index (χ4n) is 2.06. The van der Waals surface area contributed by atoms with Crippen molar-refractivity contribution in [2.45, 2.75) is 18.9 Å². The van der Waals surface area contributed by atoms with E-state index in [2.05, 4.69) is 10.3 Å². The first-order valence-electron chi connectivity index (χ1n) is 6.83. The number of rotatable bonds is 7. The fourth-order valence-corrected chi connectivity index (χ4v) is 2.06. The maximum absolute atomic E-state index is 5.94. The second-order valence-electron chi connectivity index (χ2n) is 4.71. The summed E-state index contributed by atoms with van der Waals surface area (Å²) in [6.45, 7) is 0.676. The third kappa shape index (κ3) is 4.24. The number of nitrogen functional groups attached to an aromatic ring is 1. The Morgan fingerprint density at radius 1 is 1.25 bits per heavy atom. The Bertz CT molecular complexity index is 516. The Morgan fingerprint density at radius 3 is 2.75 bits per heavy atom. The summed E-state index contributed by atoms with van der Waals surface area (Å²) in [5, 5.41) is 3.30. The summed E-state index contributed by atoms with van der Waals surface area (Å²) in [6.07, 6.45) is 5.32. The molecule has 0 spiro atoms. The summed E-state index contributed by atoms with van der Waals surface area (Å²) < 4.78 is 5.72. The number of pyridine rings is 1. The van der Waals surface area contributed by atoms with E-state index >= 15 is 0 Å². The average molecular weight is 271 g/mol. The van der Waals surface area contributed by atoms with Crippen molar-refractivity contribution in [3.05, 3.63) is 54.4 Å². The van der Waals surface area contributed by atoms with Gasteiger partial charge in [0.05, 0.1) is 6.61 Å². The van der Waals surface area contributed by atoms with Crippen LogP contribution in [0.25, 0.3) is 0 Å². The van der Waals surface area contributed by atoms with E-state index in [4.69, 9.17) is 10.5 Å². The molecule has 1 aromatic heterocycles. The van der Waals surface area contributed by atoms with Gasteiger partial charge in [-0.3, -0.25) is 4.98 Å². The molecule has 20 heavy (non-hydrogen) atoms. The largest absolute Gasteiger partial charge is 0.494 e. The monoisotopic (exact) mass is 271 g/mol. The minimum Gasteiger partial charge on any atom is -0.494 e. The molecule has 1 heterocycles. The standard InChI is InChI=1S/C16H21N3O/c1-18-14(11-13-12-19-9-7-16(13)17)8-10-20-15-5-3-2-4-6-15/h2-7,9,12,14,18H,8,10-11H2,1H3,(H2,17,19). The molecule has 0 amide bonds. The number of nitrogens with one attached hydrogen (secondary N) is 1. The van der Waals surface area contributed by atoms with Crippen molar-refractivity contribution in [1.29, 1.82) is 0 Å². The first-order chi connectivity index (χ1) is 9.79. The molecule has 0 aliphatic heterocycles. The number of nitrogens with zero attached hydrogens (tertiary/aromatic N) is 1. The predicted octanol–water partition coefficient (Wildman–Crippen LogP) is 2.26. The van der Waals surface area contributed by atoms with Gasteiger partial charge in [-0.2, -0.15) is 0 Å². The number of anilines is 1. The second-order valence-corrected chi connectivity index (χ2v) is 4.71. The van der Waals surface area contributed by atoms with Crippen molar-refractivity contribution in [2.24, 2.45) is 0 Å². The van der Waals surface area contributed by atoms with E-state index < -0.39 is 0 Å². The van der Waals surface area contributed by atoms with Crippen LogP contribution in [0, 0.1) is 0 Å². The molecule has 4 nitrogen and oxygen atoms in total. The van der Waals surface area contributed by atoms with E-state index in [1.165, 1.54) is 0 Å². The van der Waals surface area contributed by atoms with Crippen LogP contribution in [0.15, 0.2) is 48.8 Å². The predicted molar refractivity (Wildman–Crippen MR) is 81.8 cm³/mol. The van der Waals surface area contributed by atoms with E-state index in [1.54, 1.807) is 6.20 Å². The summed E-state index contributed by atoms with van der Waals surface area (Å²) in [5.41, 5.74) is 7.82. The molecule has 3 N–H and O–H groups in total. The van der Waals surface area contributed by atoms with Crippen molar-refractivity contribution >= 4 is 5.69 Å². The smallest absolute Gasteiger partial charge is 0.119 e. The van der Waals surface area contributed by atoms with Gasteiger partial charge in [-0.1, -0.05) is 18.2 Å². The van der Waals surface area contributed by atoms with Gasteiger partial charge in [0.1, 0.15) is 5.75 Å². The molecule has 2 aromatic rings. The van der Waals surface area contributed by atoms with E-state index in [1.807, 2.05) is 49.6 Å². The van der Waals surface area contributed by atoms with Crippen molar-refractivity contribution in [3.63, 3.8) is 0 Å². The van der Waals surface area contributed by atoms with Gasteiger partial charge < -0.3 is 15.8 Å². The van der Waals surface area contributed by atoms with Crippen LogP contribution < -0.4 is 15.8 Å². The zero-order valence-electron chi connectivity index (χ0n) is 11.8. The molecular formula is C16H21N3O. The highest BCUT2D eigenvalue weighted by Crippen LogP contribution is 2.14. The number of hydrogen-bond donors (Lipinski definition) is 2. The Morgan fingerprint density at radius 2 is 2.05 bits per heavy atom. The number of hydrogen-bond acceptors (Lipinski definition) is 4. The van der Waals surface area contributed by atoms with Crippen LogP contribution in [-0.4, -0.2) is 24.7 Å². The van der Waals surface area contributed by atoms with Crippen LogP contribution in [0.3, 0.4) is 0 Å². The van der Waals surface area contributed by atoms with E-state index in [0.29, 0.717) is 12.6 Å². The third-order valence-corrected chi connectivity index (χ3v) is 3.29. The molecule has 2 rings (SSSR count). The summed E-state index contributed by atoms with van der Waals surface area (Å²) >= 11 is 0. The molecule has 4 heteroatoms. The van der Waals surface area contributed by atoms with Crippen LogP contribution in [0.4, 0.5) is 5.69 Å². The third-order valence-electron chi connectivity index (χ3n) is 3.29. The Hall–Kier alpha value is -2.07. The molecule has 0 saturated carbocycles. The molecule has 0 aliphatic carbocycles. The van der Waals surface area contributed by atoms with Gasteiger partial charge in [0.25, 0.3) is 0 Å². The SMILES string of the molecule is CNC(CCOc1ccccc1)Cc1cnccc1N. The summed E-state index contributed by atoms with van der Waals surface area (Å²) in [6, 6.07) is 12.0. The lowest BCUT2D eigenvalue weighted by atomic mass is 10.0. The van der Waals surface area contributed by atoms with Gasteiger partial charge in [0.15, 0.2) is 0 Å². The summed E-state index contributed by atoms with van der Waals surface area (Å²) in [4.78, 5) is 4.12. The van der Waals surface area contributed by atoms with Crippen LogP contribution in [-0.2, 0) is 6.42 Å². The van der Waals surface area contributed by atoms with E-state index in [0.717, 1.165) is 29.8 Å². The van der Waals surface area contributed by atoms with E-state index in [9.17, 15) is 0 Å². The zero-order valence-corrected chi connectivity index (χ0v) is 11.8. The van der Waals surface area contributed by atoms with Crippen LogP contribution in [0.5, 0.6) is 5.75 Å². The molecule has 1 atom stereocenters. The number of ether oxygens (including phenoxy) is 1. The minimum atomic E-state index is 0.324. The van der Waals surface area contributed by atoms with Crippen LogP contribution in [0.2, 0.25) is 0 Å². The number of aromatic nitrogens is 1. The first-order valence-corrected chi connectivity index (χ1v) is 6.83. The molecule has 0 radical (unpaired) electrons. The quantitative estimate of drug-likeness (QED) is 0.811. The molecular weight excluding hydrogens is 250 g/mol. The maximum Gasteiger partial charge on any atom is 0.119 e. The highest BCUT2D eigenvalue weighted by molar-refractivity contribution is 5.44. The molecule has 1 aromatic carbocycles. The van der Waals surface area contributed by atoms with Gasteiger partial charge in [-0.05, 0) is 43.7 Å². The van der Waals surface area contributed by atoms with Crippen molar-refractivity contribution in [3.8, 4) is 5.75 Å². The zero-order chi connectivity index (χ0) is 14.2. The first kappa shape index (κ1) is 14.3. The minimum absolute atomic E-state index is 0.324. The van der Waals surface area contributed by atoms with E-state index in [-0.39, 0.29) is 0 Å². The summed E-state index contributed by atoms with van der Waals surface area (Å²) in [7, 11) is 1.96. The number of likely N-dealkylation sites (N-methyl/N-ethyl adjacent to an activating group) is 1. The Balaban J connectivity index is 1.82. The average Bonchev–Trinajstić information content (AvgIpc) is 2.49. The van der Waals surface area contributed by atoms with Crippen LogP contribution >= 0.6 is 0 Å². The van der Waals surface area contributed by atoms with Gasteiger partial charge >= 0.3 is 0 Å².